The molecule has 0 radical (unpaired) electrons. The Kier molecular flexibility index (Phi) is 5.12. The van der Waals surface area contributed by atoms with E-state index in [1.54, 1.807) is 34.0 Å². The molecule has 132 valence electrons. The number of thiazole rings is 1. The number of hydrogen-bond donors (Lipinski definition) is 1. The summed E-state index contributed by atoms with van der Waals surface area (Å²) in [6, 6.07) is 4.10. The van der Waals surface area contributed by atoms with Crippen molar-refractivity contribution in [3.05, 3.63) is 28.1 Å². The molecule has 4 rings (SSSR count). The molecule has 0 spiro atoms. The Morgan fingerprint density at radius 2 is 2.04 bits per heavy atom. The number of piperidine rings is 1. The number of rotatable bonds is 5. The molecule has 25 heavy (non-hydrogen) atoms. The molecular formula is C17H21N5S3. The minimum Gasteiger partial charge on any atom is -0.306 e. The molecule has 0 aliphatic carbocycles. The summed E-state index contributed by atoms with van der Waals surface area (Å²) in [7, 11) is 0. The summed E-state index contributed by atoms with van der Waals surface area (Å²) < 4.78 is 0. The number of aromatic nitrogens is 3. The van der Waals surface area contributed by atoms with Crippen molar-refractivity contribution in [2.24, 2.45) is 5.92 Å². The van der Waals surface area contributed by atoms with Gasteiger partial charge < -0.3 is 5.32 Å². The van der Waals surface area contributed by atoms with Gasteiger partial charge in [0.2, 0.25) is 5.13 Å². The summed E-state index contributed by atoms with van der Waals surface area (Å²) in [5, 5.41) is 16.6. The van der Waals surface area contributed by atoms with Crippen molar-refractivity contribution in [3.63, 3.8) is 0 Å². The van der Waals surface area contributed by atoms with Crippen LogP contribution < -0.4 is 5.32 Å². The first kappa shape index (κ1) is 17.1. The normalized spacial score (nSPS) is 16.4. The third-order valence-electron chi connectivity index (χ3n) is 4.51. The topological polar surface area (TPSA) is 53.9 Å². The second kappa shape index (κ2) is 7.49. The lowest BCUT2D eigenvalue weighted by Crippen LogP contribution is -2.32. The maximum Gasteiger partial charge on any atom is 0.212 e. The van der Waals surface area contributed by atoms with Gasteiger partial charge in [-0.15, -0.1) is 32.9 Å². The third kappa shape index (κ3) is 4.08. The van der Waals surface area contributed by atoms with Crippen molar-refractivity contribution in [3.8, 4) is 9.88 Å². The van der Waals surface area contributed by atoms with Crippen LogP contribution in [0.1, 0.15) is 30.3 Å². The monoisotopic (exact) mass is 391 g/mol. The van der Waals surface area contributed by atoms with Crippen molar-refractivity contribution in [1.82, 2.24) is 20.1 Å². The van der Waals surface area contributed by atoms with E-state index in [0.717, 1.165) is 38.3 Å². The number of nitrogens with one attached hydrogen (secondary N) is 1. The molecule has 1 N–H and O–H groups in total. The molecule has 0 unspecified atom stereocenters. The second-order valence-corrected chi connectivity index (χ2v) is 9.51. The number of hydrogen-bond acceptors (Lipinski definition) is 8. The van der Waals surface area contributed by atoms with Crippen molar-refractivity contribution >= 4 is 44.3 Å². The van der Waals surface area contributed by atoms with Gasteiger partial charge in [-0.25, -0.2) is 4.98 Å². The molecule has 0 amide bonds. The van der Waals surface area contributed by atoms with Gasteiger partial charge in [0, 0.05) is 11.4 Å². The van der Waals surface area contributed by atoms with E-state index in [1.807, 2.05) is 6.07 Å². The molecule has 0 saturated carbocycles. The Balaban J connectivity index is 1.42. The van der Waals surface area contributed by atoms with E-state index in [9.17, 15) is 0 Å². The minimum atomic E-state index is 0.801. The highest BCUT2D eigenvalue weighted by Gasteiger charge is 2.18. The maximum absolute atomic E-state index is 4.68. The van der Waals surface area contributed by atoms with Crippen LogP contribution in [0.5, 0.6) is 0 Å². The van der Waals surface area contributed by atoms with Crippen LogP contribution in [0.15, 0.2) is 17.5 Å². The Labute approximate surface area is 159 Å². The largest absolute Gasteiger partial charge is 0.306 e. The molecule has 3 aromatic heterocycles. The van der Waals surface area contributed by atoms with E-state index in [-0.39, 0.29) is 0 Å². The van der Waals surface area contributed by atoms with Crippen molar-refractivity contribution in [1.29, 1.82) is 0 Å². The summed E-state index contributed by atoms with van der Waals surface area (Å²) in [6.07, 6.45) is 2.61. The van der Waals surface area contributed by atoms with Gasteiger partial charge in [0.15, 0.2) is 10.1 Å². The van der Waals surface area contributed by atoms with Crippen molar-refractivity contribution in [2.75, 3.05) is 18.4 Å². The molecule has 0 bridgehead atoms. The molecule has 0 atom stereocenters. The quantitative estimate of drug-likeness (QED) is 0.663. The first-order valence-corrected chi connectivity index (χ1v) is 11.0. The summed E-state index contributed by atoms with van der Waals surface area (Å²) in [4.78, 5) is 9.73. The predicted octanol–water partition coefficient (Wildman–Crippen LogP) is 5.01. The molecule has 1 saturated heterocycles. The Hall–Kier alpha value is -1.35. The first-order valence-electron chi connectivity index (χ1n) is 8.50. The van der Waals surface area contributed by atoms with Crippen LogP contribution in [-0.2, 0) is 6.54 Å². The van der Waals surface area contributed by atoms with Gasteiger partial charge in [0.25, 0.3) is 0 Å². The zero-order chi connectivity index (χ0) is 17.2. The molecule has 0 aromatic carbocycles. The Bertz CT molecular complexity index is 815. The van der Waals surface area contributed by atoms with Crippen LogP contribution >= 0.6 is 34.0 Å². The summed E-state index contributed by atoms with van der Waals surface area (Å²) >= 11 is 4.99. The summed E-state index contributed by atoms with van der Waals surface area (Å²) in [6.45, 7) is 7.85. The van der Waals surface area contributed by atoms with Gasteiger partial charge in [0.1, 0.15) is 0 Å². The van der Waals surface area contributed by atoms with Crippen molar-refractivity contribution < 1.29 is 0 Å². The highest BCUT2D eigenvalue weighted by atomic mass is 32.1. The Morgan fingerprint density at radius 3 is 2.80 bits per heavy atom. The lowest BCUT2D eigenvalue weighted by Gasteiger charge is -2.29. The van der Waals surface area contributed by atoms with Crippen molar-refractivity contribution in [2.45, 2.75) is 33.2 Å². The zero-order valence-corrected chi connectivity index (χ0v) is 16.8. The van der Waals surface area contributed by atoms with Gasteiger partial charge in [-0.2, -0.15) is 0 Å². The van der Waals surface area contributed by atoms with Crippen LogP contribution in [0, 0.1) is 12.8 Å². The fourth-order valence-electron chi connectivity index (χ4n) is 2.92. The average Bonchev–Trinajstić information content (AvgIpc) is 3.32. The van der Waals surface area contributed by atoms with E-state index >= 15 is 0 Å². The van der Waals surface area contributed by atoms with Gasteiger partial charge in [-0.3, -0.25) is 4.90 Å². The number of anilines is 2. The Morgan fingerprint density at radius 1 is 1.20 bits per heavy atom. The molecule has 1 aliphatic rings. The molecule has 3 aromatic rings. The van der Waals surface area contributed by atoms with E-state index in [1.165, 1.54) is 30.8 Å². The second-order valence-electron chi connectivity index (χ2n) is 6.50. The van der Waals surface area contributed by atoms with Crippen LogP contribution in [0.2, 0.25) is 0 Å². The molecule has 5 nitrogen and oxygen atoms in total. The van der Waals surface area contributed by atoms with Crippen LogP contribution in [0.3, 0.4) is 0 Å². The highest BCUT2D eigenvalue weighted by Crippen LogP contribution is 2.33. The number of aryl methyl sites for hydroxylation is 1. The van der Waals surface area contributed by atoms with Gasteiger partial charge >= 0.3 is 0 Å². The average molecular weight is 392 g/mol. The third-order valence-corrected chi connectivity index (χ3v) is 7.44. The lowest BCUT2D eigenvalue weighted by atomic mass is 9.99. The number of likely N-dealkylation sites (tertiary alicyclic amines) is 1. The molecule has 4 heterocycles. The van der Waals surface area contributed by atoms with E-state index in [4.69, 9.17) is 0 Å². The fraction of sp³-hybridized carbons (Fsp3) is 0.471. The summed E-state index contributed by atoms with van der Waals surface area (Å²) in [5.41, 5.74) is 1.12. The van der Waals surface area contributed by atoms with Gasteiger partial charge in [-0.05, 0) is 50.2 Å². The number of thiophene rings is 1. The smallest absolute Gasteiger partial charge is 0.212 e. The van der Waals surface area contributed by atoms with Gasteiger partial charge in [-0.1, -0.05) is 24.3 Å². The molecule has 1 fully saturated rings. The minimum absolute atomic E-state index is 0.801. The summed E-state index contributed by atoms with van der Waals surface area (Å²) in [5.74, 6) is 0.867. The lowest BCUT2D eigenvalue weighted by molar-refractivity contribution is 0.186. The first-order chi connectivity index (χ1) is 12.2. The van der Waals surface area contributed by atoms with Crippen LogP contribution in [-0.4, -0.2) is 33.2 Å². The van der Waals surface area contributed by atoms with E-state index in [2.05, 4.69) is 50.7 Å². The van der Waals surface area contributed by atoms with E-state index in [0.29, 0.717) is 0 Å². The molecule has 8 heteroatoms. The van der Waals surface area contributed by atoms with Crippen LogP contribution in [0.4, 0.5) is 10.3 Å². The standard InChI is InChI=1S/C17H21N5S3/c1-11-5-7-22(8-6-11)10-14-12(2)18-16(24-14)19-17-21-20-15(25-17)13-4-3-9-23-13/h3-4,9,11H,5-8,10H2,1-2H3,(H,18,19,21). The maximum atomic E-state index is 4.68. The van der Waals surface area contributed by atoms with E-state index < -0.39 is 0 Å². The van der Waals surface area contributed by atoms with Gasteiger partial charge in [0.05, 0.1) is 10.6 Å². The fourth-order valence-corrected chi connectivity index (χ4v) is 5.52. The SMILES string of the molecule is Cc1nc(Nc2nnc(-c3cccs3)s2)sc1CN1CCC(C)CC1. The zero-order valence-electron chi connectivity index (χ0n) is 14.4. The highest BCUT2D eigenvalue weighted by molar-refractivity contribution is 7.23. The predicted molar refractivity (Wildman–Crippen MR) is 107 cm³/mol. The molecular weight excluding hydrogens is 370 g/mol. The molecule has 1 aliphatic heterocycles. The van der Waals surface area contributed by atoms with Crippen LogP contribution in [0.25, 0.3) is 9.88 Å². The number of nitrogens with zero attached hydrogens (tertiary/aromatic N) is 4.